The van der Waals surface area contributed by atoms with E-state index in [0.717, 1.165) is 11.1 Å². The molecule has 2 N–H and O–H groups in total. The van der Waals surface area contributed by atoms with E-state index in [1.165, 1.54) is 12.1 Å². The predicted octanol–water partition coefficient (Wildman–Crippen LogP) is 3.62. The molecule has 20 heavy (non-hydrogen) atoms. The lowest BCUT2D eigenvalue weighted by Crippen LogP contribution is -2.02. The third-order valence-corrected chi connectivity index (χ3v) is 3.36. The molecule has 0 heterocycles. The van der Waals surface area contributed by atoms with Gasteiger partial charge in [-0.05, 0) is 41.5 Å². The van der Waals surface area contributed by atoms with Crippen molar-refractivity contribution in [1.29, 1.82) is 0 Å². The largest absolute Gasteiger partial charge is 0.493 e. The van der Waals surface area contributed by atoms with Gasteiger partial charge >= 0.3 is 0 Å². The van der Waals surface area contributed by atoms with Gasteiger partial charge in [0.1, 0.15) is 5.82 Å². The summed E-state index contributed by atoms with van der Waals surface area (Å²) in [6.45, 7) is 0.309. The van der Waals surface area contributed by atoms with Crippen molar-refractivity contribution >= 4 is 11.6 Å². The highest BCUT2D eigenvalue weighted by atomic mass is 35.5. The molecule has 0 bridgehead atoms. The van der Waals surface area contributed by atoms with E-state index in [9.17, 15) is 4.39 Å². The highest BCUT2D eigenvalue weighted by Gasteiger charge is 2.14. The fourth-order valence-electron chi connectivity index (χ4n) is 2.05. The summed E-state index contributed by atoms with van der Waals surface area (Å²) in [6.07, 6.45) is 0. The van der Waals surface area contributed by atoms with Crippen LogP contribution in [0, 0.1) is 5.82 Å². The second-order valence-corrected chi connectivity index (χ2v) is 4.60. The lowest BCUT2D eigenvalue weighted by atomic mass is 9.98. The van der Waals surface area contributed by atoms with Crippen molar-refractivity contribution in [2.24, 2.45) is 5.73 Å². The van der Waals surface area contributed by atoms with Crippen LogP contribution < -0.4 is 15.2 Å². The van der Waals surface area contributed by atoms with Gasteiger partial charge in [-0.1, -0.05) is 11.6 Å². The van der Waals surface area contributed by atoms with E-state index in [1.807, 2.05) is 0 Å². The molecule has 3 nitrogen and oxygen atoms in total. The highest BCUT2D eigenvalue weighted by Crippen LogP contribution is 2.38. The number of methoxy groups -OCH3 is 2. The van der Waals surface area contributed by atoms with Crippen molar-refractivity contribution < 1.29 is 13.9 Å². The Bertz CT molecular complexity index is 632. The summed E-state index contributed by atoms with van der Waals surface area (Å²) in [4.78, 5) is 0. The summed E-state index contributed by atoms with van der Waals surface area (Å²) in [5.74, 6) is 0.781. The molecule has 0 amide bonds. The van der Waals surface area contributed by atoms with Crippen LogP contribution in [0.4, 0.5) is 4.39 Å². The first-order chi connectivity index (χ1) is 9.60. The molecule has 0 spiro atoms. The van der Waals surface area contributed by atoms with Gasteiger partial charge in [-0.15, -0.1) is 0 Å². The first-order valence-corrected chi connectivity index (χ1v) is 6.39. The molecule has 0 saturated heterocycles. The van der Waals surface area contributed by atoms with Gasteiger partial charge in [-0.2, -0.15) is 0 Å². The summed E-state index contributed by atoms with van der Waals surface area (Å²) in [5, 5.41) is 0.326. The molecular weight excluding hydrogens is 281 g/mol. The molecule has 2 aromatic rings. The summed E-state index contributed by atoms with van der Waals surface area (Å²) in [5.41, 5.74) is 8.12. The number of halogens is 2. The normalized spacial score (nSPS) is 10.4. The van der Waals surface area contributed by atoms with Crippen molar-refractivity contribution in [1.82, 2.24) is 0 Å². The second kappa shape index (κ2) is 6.11. The molecule has 0 fully saturated rings. The first-order valence-electron chi connectivity index (χ1n) is 6.01. The summed E-state index contributed by atoms with van der Waals surface area (Å²) < 4.78 is 23.7. The molecular formula is C15H15ClFNO2. The zero-order chi connectivity index (χ0) is 14.7. The van der Waals surface area contributed by atoms with Crippen molar-refractivity contribution in [3.8, 4) is 22.6 Å². The van der Waals surface area contributed by atoms with E-state index in [-0.39, 0.29) is 5.82 Å². The number of rotatable bonds is 4. The van der Waals surface area contributed by atoms with Gasteiger partial charge in [-0.25, -0.2) is 4.39 Å². The summed E-state index contributed by atoms with van der Waals surface area (Å²) >= 11 is 6.11. The predicted molar refractivity (Wildman–Crippen MR) is 77.8 cm³/mol. The quantitative estimate of drug-likeness (QED) is 0.937. The van der Waals surface area contributed by atoms with E-state index in [4.69, 9.17) is 26.8 Å². The Balaban J connectivity index is 2.65. The van der Waals surface area contributed by atoms with Crippen LogP contribution >= 0.6 is 11.6 Å². The molecule has 0 aliphatic heterocycles. The van der Waals surface area contributed by atoms with Gasteiger partial charge < -0.3 is 15.2 Å². The van der Waals surface area contributed by atoms with Crippen LogP contribution in [0.2, 0.25) is 5.02 Å². The van der Waals surface area contributed by atoms with E-state index in [1.54, 1.807) is 32.4 Å². The van der Waals surface area contributed by atoms with Crippen LogP contribution in [0.1, 0.15) is 5.56 Å². The number of nitrogens with two attached hydrogens (primary N) is 1. The third kappa shape index (κ3) is 2.71. The first kappa shape index (κ1) is 14.6. The maximum atomic E-state index is 13.2. The average molecular weight is 296 g/mol. The van der Waals surface area contributed by atoms with Crippen LogP contribution in [0.15, 0.2) is 30.3 Å². The Morgan fingerprint density at radius 1 is 1.05 bits per heavy atom. The number of ether oxygens (including phenoxy) is 2. The molecule has 0 aliphatic rings. The van der Waals surface area contributed by atoms with Gasteiger partial charge in [0, 0.05) is 12.1 Å². The van der Waals surface area contributed by atoms with Gasteiger partial charge in [0.2, 0.25) is 0 Å². The molecule has 0 aromatic heterocycles. The number of hydrogen-bond acceptors (Lipinski definition) is 3. The molecule has 106 valence electrons. The molecule has 0 unspecified atom stereocenters. The standard InChI is InChI=1S/C15H15ClFNO2/c1-19-14-5-9(8-18)12(7-15(14)20-2)11-4-3-10(17)6-13(11)16/h3-7H,8,18H2,1-2H3. The zero-order valence-electron chi connectivity index (χ0n) is 11.2. The minimum absolute atomic E-state index is 0.309. The summed E-state index contributed by atoms with van der Waals surface area (Å²) in [7, 11) is 3.11. The molecule has 2 rings (SSSR count). The van der Waals surface area contributed by atoms with Gasteiger partial charge in [-0.3, -0.25) is 0 Å². The zero-order valence-corrected chi connectivity index (χ0v) is 12.0. The Hall–Kier alpha value is -1.78. The fourth-order valence-corrected chi connectivity index (χ4v) is 2.32. The fraction of sp³-hybridized carbons (Fsp3) is 0.200. The van der Waals surface area contributed by atoms with E-state index in [0.29, 0.717) is 28.6 Å². The number of hydrogen-bond donors (Lipinski definition) is 1. The van der Waals surface area contributed by atoms with Crippen molar-refractivity contribution in [3.05, 3.63) is 46.7 Å². The van der Waals surface area contributed by atoms with Crippen LogP contribution in [0.25, 0.3) is 11.1 Å². The minimum Gasteiger partial charge on any atom is -0.493 e. The maximum Gasteiger partial charge on any atom is 0.161 e. The highest BCUT2D eigenvalue weighted by molar-refractivity contribution is 6.33. The van der Waals surface area contributed by atoms with Gasteiger partial charge in [0.25, 0.3) is 0 Å². The molecule has 0 aliphatic carbocycles. The number of benzene rings is 2. The topological polar surface area (TPSA) is 44.5 Å². The van der Waals surface area contributed by atoms with Crippen LogP contribution in [0.3, 0.4) is 0 Å². The average Bonchev–Trinajstić information content (AvgIpc) is 2.46. The van der Waals surface area contributed by atoms with Crippen LogP contribution in [-0.2, 0) is 6.54 Å². The summed E-state index contributed by atoms with van der Waals surface area (Å²) in [6, 6.07) is 7.85. The Morgan fingerprint density at radius 2 is 1.70 bits per heavy atom. The van der Waals surface area contributed by atoms with Crippen molar-refractivity contribution in [2.75, 3.05) is 14.2 Å². The Kier molecular flexibility index (Phi) is 4.47. The molecule has 5 heteroatoms. The lowest BCUT2D eigenvalue weighted by Gasteiger charge is -2.15. The third-order valence-electron chi connectivity index (χ3n) is 3.05. The smallest absolute Gasteiger partial charge is 0.161 e. The molecule has 0 atom stereocenters. The molecule has 0 radical (unpaired) electrons. The monoisotopic (exact) mass is 295 g/mol. The minimum atomic E-state index is -0.381. The van der Waals surface area contributed by atoms with Gasteiger partial charge in [0.15, 0.2) is 11.5 Å². The second-order valence-electron chi connectivity index (χ2n) is 4.19. The van der Waals surface area contributed by atoms with E-state index >= 15 is 0 Å². The SMILES string of the molecule is COc1cc(CN)c(-c2ccc(F)cc2Cl)cc1OC. The molecule has 2 aromatic carbocycles. The van der Waals surface area contributed by atoms with E-state index in [2.05, 4.69) is 0 Å². The lowest BCUT2D eigenvalue weighted by molar-refractivity contribution is 0.354. The van der Waals surface area contributed by atoms with Gasteiger partial charge in [0.05, 0.1) is 19.2 Å². The van der Waals surface area contributed by atoms with Crippen LogP contribution in [0.5, 0.6) is 11.5 Å². The van der Waals surface area contributed by atoms with Crippen molar-refractivity contribution in [2.45, 2.75) is 6.54 Å². The molecule has 0 saturated carbocycles. The van der Waals surface area contributed by atoms with Crippen molar-refractivity contribution in [3.63, 3.8) is 0 Å². The Morgan fingerprint density at radius 3 is 2.25 bits per heavy atom. The Labute approximate surface area is 122 Å². The van der Waals surface area contributed by atoms with E-state index < -0.39 is 0 Å². The maximum absolute atomic E-state index is 13.2. The van der Waals surface area contributed by atoms with Crippen LogP contribution in [-0.4, -0.2) is 14.2 Å².